The van der Waals surface area contributed by atoms with Crippen LogP contribution in [0.4, 0.5) is 13.2 Å². The van der Waals surface area contributed by atoms with Crippen LogP contribution >= 0.6 is 0 Å². The number of nitrogens with zero attached hydrogens (tertiary/aromatic N) is 1. The summed E-state index contributed by atoms with van der Waals surface area (Å²) in [4.78, 5) is 4.16. The van der Waals surface area contributed by atoms with E-state index in [9.17, 15) is 13.2 Å². The van der Waals surface area contributed by atoms with Crippen LogP contribution in [0.5, 0.6) is 0 Å². The minimum Gasteiger partial charge on any atom is -0.324 e. The van der Waals surface area contributed by atoms with Gasteiger partial charge in [-0.15, -0.1) is 0 Å². The molecule has 2 nitrogen and oxygen atoms in total. The lowest BCUT2D eigenvalue weighted by Crippen LogP contribution is -2.16. The summed E-state index contributed by atoms with van der Waals surface area (Å²) in [6, 6.07) is 4.86. The standard InChI is InChI=1S/C14H13F3N2/c1-8-3-2-4-19-13(8)7-12(18)9-5-10(15)14(17)11(16)6-9/h2-6,12H,7,18H2,1H3. The van der Waals surface area contributed by atoms with Crippen molar-refractivity contribution in [2.75, 3.05) is 0 Å². The van der Waals surface area contributed by atoms with Crippen molar-refractivity contribution in [2.45, 2.75) is 19.4 Å². The summed E-state index contributed by atoms with van der Waals surface area (Å²) in [5, 5.41) is 0. The number of pyridine rings is 1. The van der Waals surface area contributed by atoms with Crippen molar-refractivity contribution in [2.24, 2.45) is 5.73 Å². The molecule has 100 valence electrons. The van der Waals surface area contributed by atoms with E-state index in [1.165, 1.54) is 0 Å². The van der Waals surface area contributed by atoms with Gasteiger partial charge in [-0.25, -0.2) is 13.2 Å². The zero-order valence-electron chi connectivity index (χ0n) is 10.3. The molecule has 0 aliphatic heterocycles. The molecule has 5 heteroatoms. The van der Waals surface area contributed by atoms with Crippen LogP contribution in [0.1, 0.15) is 22.9 Å². The summed E-state index contributed by atoms with van der Waals surface area (Å²) in [5.74, 6) is -3.95. The van der Waals surface area contributed by atoms with Gasteiger partial charge in [0.05, 0.1) is 0 Å². The van der Waals surface area contributed by atoms with Crippen LogP contribution in [0.3, 0.4) is 0 Å². The van der Waals surface area contributed by atoms with Crippen LogP contribution in [0, 0.1) is 24.4 Å². The lowest BCUT2D eigenvalue weighted by atomic mass is 10.00. The molecule has 0 spiro atoms. The summed E-state index contributed by atoms with van der Waals surface area (Å²) < 4.78 is 39.1. The van der Waals surface area contributed by atoms with E-state index in [-0.39, 0.29) is 5.56 Å². The largest absolute Gasteiger partial charge is 0.324 e. The Morgan fingerprint density at radius 3 is 2.42 bits per heavy atom. The minimum atomic E-state index is -1.48. The summed E-state index contributed by atoms with van der Waals surface area (Å²) in [5.41, 5.74) is 7.79. The quantitative estimate of drug-likeness (QED) is 0.867. The number of aryl methyl sites for hydroxylation is 1. The molecule has 1 aromatic carbocycles. The lowest BCUT2D eigenvalue weighted by Gasteiger charge is -2.13. The second kappa shape index (κ2) is 5.40. The molecule has 1 atom stereocenters. The molecule has 0 saturated heterocycles. The smallest absolute Gasteiger partial charge is 0.194 e. The first-order chi connectivity index (χ1) is 8.99. The first kappa shape index (κ1) is 13.5. The molecule has 0 radical (unpaired) electrons. The Morgan fingerprint density at radius 2 is 1.84 bits per heavy atom. The third-order valence-corrected chi connectivity index (χ3v) is 2.97. The topological polar surface area (TPSA) is 38.9 Å². The molecule has 0 bridgehead atoms. The van der Waals surface area contributed by atoms with Gasteiger partial charge in [0.25, 0.3) is 0 Å². The molecule has 1 unspecified atom stereocenters. The van der Waals surface area contributed by atoms with Crippen molar-refractivity contribution in [1.29, 1.82) is 0 Å². The molecule has 0 aliphatic rings. The molecule has 1 aromatic heterocycles. The highest BCUT2D eigenvalue weighted by Gasteiger charge is 2.16. The number of hydrogen-bond acceptors (Lipinski definition) is 2. The van der Waals surface area contributed by atoms with E-state index in [0.717, 1.165) is 23.4 Å². The van der Waals surface area contributed by atoms with Gasteiger partial charge in [0.2, 0.25) is 0 Å². The van der Waals surface area contributed by atoms with Crippen LogP contribution in [-0.4, -0.2) is 4.98 Å². The Hall–Kier alpha value is -1.88. The summed E-state index contributed by atoms with van der Waals surface area (Å²) in [7, 11) is 0. The Kier molecular flexibility index (Phi) is 3.85. The van der Waals surface area contributed by atoms with Gasteiger partial charge in [-0.3, -0.25) is 4.98 Å². The zero-order valence-corrected chi connectivity index (χ0v) is 10.3. The molecule has 0 amide bonds. The monoisotopic (exact) mass is 266 g/mol. The van der Waals surface area contributed by atoms with Gasteiger partial charge in [-0.05, 0) is 36.2 Å². The van der Waals surface area contributed by atoms with Gasteiger partial charge >= 0.3 is 0 Å². The molecule has 0 fully saturated rings. The molecule has 2 rings (SSSR count). The van der Waals surface area contributed by atoms with Crippen LogP contribution in [0.2, 0.25) is 0 Å². The van der Waals surface area contributed by atoms with Gasteiger partial charge < -0.3 is 5.73 Å². The Balaban J connectivity index is 2.26. The van der Waals surface area contributed by atoms with Crippen molar-refractivity contribution in [3.63, 3.8) is 0 Å². The van der Waals surface area contributed by atoms with Crippen molar-refractivity contribution in [3.05, 3.63) is 64.7 Å². The SMILES string of the molecule is Cc1cccnc1CC(N)c1cc(F)c(F)c(F)c1. The van der Waals surface area contributed by atoms with E-state index >= 15 is 0 Å². The fraction of sp³-hybridized carbons (Fsp3) is 0.214. The Morgan fingerprint density at radius 1 is 1.21 bits per heavy atom. The van der Waals surface area contributed by atoms with Crippen LogP contribution < -0.4 is 5.73 Å². The van der Waals surface area contributed by atoms with Gasteiger partial charge in [-0.1, -0.05) is 6.07 Å². The van der Waals surface area contributed by atoms with Crippen LogP contribution in [-0.2, 0) is 6.42 Å². The maximum absolute atomic E-state index is 13.1. The van der Waals surface area contributed by atoms with Gasteiger partial charge in [0.15, 0.2) is 17.5 Å². The molecular weight excluding hydrogens is 253 g/mol. The van der Waals surface area contributed by atoms with E-state index in [4.69, 9.17) is 5.73 Å². The van der Waals surface area contributed by atoms with Gasteiger partial charge in [0.1, 0.15) is 0 Å². The average Bonchev–Trinajstić information content (AvgIpc) is 2.38. The van der Waals surface area contributed by atoms with E-state index in [0.29, 0.717) is 6.42 Å². The van der Waals surface area contributed by atoms with E-state index in [1.54, 1.807) is 12.3 Å². The summed E-state index contributed by atoms with van der Waals surface area (Å²) >= 11 is 0. The zero-order chi connectivity index (χ0) is 14.0. The minimum absolute atomic E-state index is 0.210. The summed E-state index contributed by atoms with van der Waals surface area (Å²) in [6.45, 7) is 1.88. The Bertz CT molecular complexity index is 576. The van der Waals surface area contributed by atoms with E-state index in [1.807, 2.05) is 13.0 Å². The van der Waals surface area contributed by atoms with E-state index < -0.39 is 23.5 Å². The molecule has 19 heavy (non-hydrogen) atoms. The second-order valence-corrected chi connectivity index (χ2v) is 4.38. The molecule has 2 N–H and O–H groups in total. The predicted molar refractivity (Wildman–Crippen MR) is 65.9 cm³/mol. The maximum Gasteiger partial charge on any atom is 0.194 e. The highest BCUT2D eigenvalue weighted by molar-refractivity contribution is 5.26. The van der Waals surface area contributed by atoms with Gasteiger partial charge in [-0.2, -0.15) is 0 Å². The molecule has 0 saturated carbocycles. The number of hydrogen-bond donors (Lipinski definition) is 1. The highest BCUT2D eigenvalue weighted by Crippen LogP contribution is 2.21. The van der Waals surface area contributed by atoms with Crippen molar-refractivity contribution >= 4 is 0 Å². The van der Waals surface area contributed by atoms with Crippen molar-refractivity contribution in [1.82, 2.24) is 4.98 Å². The third kappa shape index (κ3) is 2.93. The molecular formula is C14H13F3N2. The van der Waals surface area contributed by atoms with E-state index in [2.05, 4.69) is 4.98 Å². The van der Waals surface area contributed by atoms with Crippen LogP contribution in [0.25, 0.3) is 0 Å². The third-order valence-electron chi connectivity index (χ3n) is 2.97. The fourth-order valence-corrected chi connectivity index (χ4v) is 1.85. The van der Waals surface area contributed by atoms with Crippen LogP contribution in [0.15, 0.2) is 30.5 Å². The van der Waals surface area contributed by atoms with Crippen molar-refractivity contribution < 1.29 is 13.2 Å². The normalized spacial score (nSPS) is 12.5. The summed E-state index contributed by atoms with van der Waals surface area (Å²) in [6.07, 6.45) is 1.96. The second-order valence-electron chi connectivity index (χ2n) is 4.38. The number of rotatable bonds is 3. The first-order valence-electron chi connectivity index (χ1n) is 5.79. The number of nitrogens with two attached hydrogens (primary N) is 1. The number of aromatic nitrogens is 1. The fourth-order valence-electron chi connectivity index (χ4n) is 1.85. The lowest BCUT2D eigenvalue weighted by molar-refractivity contribution is 0.443. The van der Waals surface area contributed by atoms with Gasteiger partial charge in [0, 0.05) is 24.4 Å². The molecule has 0 aliphatic carbocycles. The highest BCUT2D eigenvalue weighted by atomic mass is 19.2. The Labute approximate surface area is 109 Å². The first-order valence-corrected chi connectivity index (χ1v) is 5.79. The average molecular weight is 266 g/mol. The molecule has 2 aromatic rings. The van der Waals surface area contributed by atoms with Crippen molar-refractivity contribution in [3.8, 4) is 0 Å². The predicted octanol–water partition coefficient (Wildman–Crippen LogP) is 3.05. The molecule has 1 heterocycles. The maximum atomic E-state index is 13.1. The number of benzene rings is 1. The number of halogens is 3.